The van der Waals surface area contributed by atoms with Crippen molar-refractivity contribution in [3.63, 3.8) is 0 Å². The second-order valence-corrected chi connectivity index (χ2v) is 11.2. The Labute approximate surface area is 191 Å². The van der Waals surface area contributed by atoms with Gasteiger partial charge in [-0.25, -0.2) is 0 Å². The summed E-state index contributed by atoms with van der Waals surface area (Å²) in [5.41, 5.74) is -1.55. The van der Waals surface area contributed by atoms with E-state index in [9.17, 15) is 18.0 Å². The highest BCUT2D eigenvalue weighted by Gasteiger charge is 2.61. The van der Waals surface area contributed by atoms with E-state index in [1.165, 1.54) is 4.90 Å². The fourth-order valence-electron chi connectivity index (χ4n) is 3.00. The minimum atomic E-state index is -4.48. The van der Waals surface area contributed by atoms with Crippen LogP contribution in [0.4, 0.5) is 0 Å². The van der Waals surface area contributed by atoms with Crippen molar-refractivity contribution in [3.05, 3.63) is 12.2 Å². The number of halogens is 3. The van der Waals surface area contributed by atoms with Crippen molar-refractivity contribution in [1.82, 2.24) is 9.62 Å². The minimum absolute atomic E-state index is 0.151. The fraction of sp³-hybridized carbons (Fsp3) is 0.750. The highest BCUT2D eigenvalue weighted by molar-refractivity contribution is 7.84. The summed E-state index contributed by atoms with van der Waals surface area (Å²) in [4.78, 5) is 26.0. The molecule has 0 bridgehead atoms. The van der Waals surface area contributed by atoms with E-state index in [0.29, 0.717) is 19.3 Å². The Hall–Kier alpha value is -0.555. The molecule has 0 amide bonds. The standard InChI is InChI=1S/C16H24BCl3N2O7S/c1-3-4-5-8-15(12-6-7-12,21-30(25,26)27-11-16(18,19)20)17-28-13(23)9-22(2)10-14(24)29-17/h5,8,12,21H,3-4,6-7,9-11H2,1-2H3/b8-5+. The normalized spacial score (nSPS) is 21.7. The van der Waals surface area contributed by atoms with Gasteiger partial charge in [0.1, 0.15) is 12.0 Å². The smallest absolute Gasteiger partial charge is 0.497 e. The van der Waals surface area contributed by atoms with E-state index in [0.717, 1.165) is 6.42 Å². The van der Waals surface area contributed by atoms with E-state index < -0.39 is 45.2 Å². The van der Waals surface area contributed by atoms with Crippen LogP contribution < -0.4 is 4.72 Å². The van der Waals surface area contributed by atoms with Gasteiger partial charge in [-0.2, -0.15) is 13.1 Å². The van der Waals surface area contributed by atoms with Crippen molar-refractivity contribution in [2.45, 2.75) is 41.8 Å². The molecule has 1 saturated heterocycles. The number of carbonyl (C=O) groups excluding carboxylic acids is 2. The number of nitrogens with zero attached hydrogens (tertiary/aromatic N) is 1. The Morgan fingerprint density at radius 2 is 1.80 bits per heavy atom. The SMILES string of the molecule is CCC/C=C/C(NS(=O)(=O)OCC(Cl)(Cl)Cl)(B1OC(=O)CN(C)CC(=O)O1)C1CC1. The highest BCUT2D eigenvalue weighted by atomic mass is 35.6. The van der Waals surface area contributed by atoms with Crippen LogP contribution in [-0.4, -0.2) is 68.3 Å². The minimum Gasteiger partial charge on any atom is -0.497 e. The average Bonchev–Trinajstić information content (AvgIpc) is 3.42. The monoisotopic (exact) mass is 504 g/mol. The Balaban J connectivity index is 2.39. The van der Waals surface area contributed by atoms with Crippen LogP contribution in [0.15, 0.2) is 12.2 Å². The summed E-state index contributed by atoms with van der Waals surface area (Å²) in [6.45, 7) is 0.910. The van der Waals surface area contributed by atoms with Crippen molar-refractivity contribution in [3.8, 4) is 0 Å². The summed E-state index contributed by atoms with van der Waals surface area (Å²) in [5, 5.41) is 0. The Kier molecular flexibility index (Phi) is 8.89. The van der Waals surface area contributed by atoms with Gasteiger partial charge < -0.3 is 9.31 Å². The molecule has 0 aromatic carbocycles. The molecule has 9 nitrogen and oxygen atoms in total. The molecular weight excluding hydrogens is 481 g/mol. The first-order valence-corrected chi connectivity index (χ1v) is 11.9. The third-order valence-electron chi connectivity index (χ3n) is 4.45. The van der Waals surface area contributed by atoms with E-state index in [4.69, 9.17) is 48.3 Å². The fourth-order valence-corrected chi connectivity index (χ4v) is 4.51. The van der Waals surface area contributed by atoms with Gasteiger partial charge in [0.05, 0.1) is 13.1 Å². The molecule has 30 heavy (non-hydrogen) atoms. The summed E-state index contributed by atoms with van der Waals surface area (Å²) < 4.78 is 41.3. The van der Waals surface area contributed by atoms with Gasteiger partial charge in [0.2, 0.25) is 3.79 Å². The van der Waals surface area contributed by atoms with Gasteiger partial charge in [0, 0.05) is 0 Å². The maximum Gasteiger partial charge on any atom is 0.625 e. The molecule has 170 valence electrons. The molecule has 1 aliphatic heterocycles. The number of hydrogen-bond acceptors (Lipinski definition) is 8. The van der Waals surface area contributed by atoms with Crippen molar-refractivity contribution in [2.24, 2.45) is 5.92 Å². The van der Waals surface area contributed by atoms with Crippen LogP contribution in [0.2, 0.25) is 0 Å². The van der Waals surface area contributed by atoms with Crippen LogP contribution in [0, 0.1) is 5.92 Å². The summed E-state index contributed by atoms with van der Waals surface area (Å²) in [6, 6.07) is 0. The number of allylic oxidation sites excluding steroid dienone is 1. The average molecular weight is 506 g/mol. The van der Waals surface area contributed by atoms with Gasteiger partial charge >= 0.3 is 29.4 Å². The number of nitrogens with one attached hydrogen (secondary N) is 1. The van der Waals surface area contributed by atoms with Gasteiger partial charge in [-0.1, -0.05) is 60.3 Å². The molecule has 1 N–H and O–H groups in total. The van der Waals surface area contributed by atoms with Crippen LogP contribution in [0.3, 0.4) is 0 Å². The molecule has 2 rings (SSSR count). The predicted octanol–water partition coefficient (Wildman–Crippen LogP) is 1.77. The summed E-state index contributed by atoms with van der Waals surface area (Å²) in [7, 11) is -4.43. The largest absolute Gasteiger partial charge is 0.625 e. The van der Waals surface area contributed by atoms with E-state index >= 15 is 0 Å². The van der Waals surface area contributed by atoms with E-state index in [-0.39, 0.29) is 19.0 Å². The summed E-state index contributed by atoms with van der Waals surface area (Å²) in [5.74, 6) is -1.62. The lowest BCUT2D eigenvalue weighted by molar-refractivity contribution is -0.146. The van der Waals surface area contributed by atoms with Crippen molar-refractivity contribution >= 4 is 64.2 Å². The molecule has 14 heteroatoms. The number of likely N-dealkylation sites (N-methyl/N-ethyl adjacent to an activating group) is 1. The number of alkyl halides is 3. The van der Waals surface area contributed by atoms with Crippen molar-refractivity contribution < 1.29 is 31.5 Å². The zero-order valence-corrected chi connectivity index (χ0v) is 19.7. The van der Waals surface area contributed by atoms with Gasteiger partial charge in [-0.3, -0.25) is 18.7 Å². The van der Waals surface area contributed by atoms with Crippen LogP contribution in [0.5, 0.6) is 0 Å². The van der Waals surface area contributed by atoms with Crippen LogP contribution in [0.25, 0.3) is 0 Å². The molecule has 0 spiro atoms. The zero-order valence-electron chi connectivity index (χ0n) is 16.6. The molecule has 1 atom stereocenters. The quantitative estimate of drug-likeness (QED) is 0.287. The van der Waals surface area contributed by atoms with E-state index in [2.05, 4.69) is 4.72 Å². The number of carbonyl (C=O) groups is 2. The van der Waals surface area contributed by atoms with E-state index in [1.54, 1.807) is 19.2 Å². The molecule has 2 fully saturated rings. The first kappa shape index (κ1) is 25.7. The molecule has 0 aromatic rings. The Morgan fingerprint density at radius 3 is 2.27 bits per heavy atom. The molecule has 2 aliphatic rings. The molecule has 1 aliphatic carbocycles. The number of hydrogen-bond donors (Lipinski definition) is 1. The predicted molar refractivity (Wildman–Crippen MR) is 113 cm³/mol. The lowest BCUT2D eigenvalue weighted by Gasteiger charge is -2.35. The van der Waals surface area contributed by atoms with Crippen LogP contribution in [-0.2, 0) is 33.4 Å². The third-order valence-corrected chi connectivity index (χ3v) is 5.81. The van der Waals surface area contributed by atoms with Gasteiger partial charge in [-0.05, 0) is 32.2 Å². The first-order chi connectivity index (χ1) is 13.9. The topological polar surface area (TPSA) is 111 Å². The lowest BCUT2D eigenvalue weighted by atomic mass is 9.61. The second-order valence-electron chi connectivity index (χ2n) is 7.32. The number of rotatable bonds is 9. The summed E-state index contributed by atoms with van der Waals surface area (Å²) >= 11 is 16.8. The second kappa shape index (κ2) is 10.4. The zero-order chi connectivity index (χ0) is 22.6. The van der Waals surface area contributed by atoms with E-state index in [1.807, 2.05) is 6.92 Å². The van der Waals surface area contributed by atoms with Gasteiger partial charge in [-0.15, -0.1) is 0 Å². The van der Waals surface area contributed by atoms with Crippen LogP contribution >= 0.6 is 34.8 Å². The molecule has 1 saturated carbocycles. The third kappa shape index (κ3) is 7.85. The lowest BCUT2D eigenvalue weighted by Crippen LogP contribution is -2.64. The maximum absolute atomic E-state index is 12.6. The molecule has 1 unspecified atom stereocenters. The highest BCUT2D eigenvalue weighted by Crippen LogP contribution is 2.43. The molecular formula is C16H24BCl3N2O7S. The van der Waals surface area contributed by atoms with Crippen molar-refractivity contribution in [2.75, 3.05) is 26.7 Å². The molecule has 1 heterocycles. The molecule has 0 aromatic heterocycles. The van der Waals surface area contributed by atoms with Crippen molar-refractivity contribution in [1.29, 1.82) is 0 Å². The number of unbranched alkanes of at least 4 members (excludes halogenated alkanes) is 1. The van der Waals surface area contributed by atoms with Gasteiger partial charge in [0.25, 0.3) is 0 Å². The molecule has 0 radical (unpaired) electrons. The van der Waals surface area contributed by atoms with Crippen LogP contribution in [0.1, 0.15) is 32.6 Å². The summed E-state index contributed by atoms with van der Waals surface area (Å²) in [6.07, 6.45) is 5.96. The first-order valence-electron chi connectivity index (χ1n) is 9.37. The Morgan fingerprint density at radius 1 is 1.23 bits per heavy atom. The Bertz CT molecular complexity index is 753. The maximum atomic E-state index is 12.6. The van der Waals surface area contributed by atoms with Gasteiger partial charge in [0.15, 0.2) is 0 Å².